The van der Waals surface area contributed by atoms with Crippen LogP contribution in [0.4, 0.5) is 0 Å². The minimum Gasteiger partial charge on any atom is -0.241 e. The summed E-state index contributed by atoms with van der Waals surface area (Å²) in [6, 6.07) is 15.0. The van der Waals surface area contributed by atoms with E-state index in [2.05, 4.69) is 9.82 Å². The van der Waals surface area contributed by atoms with Crippen LogP contribution < -0.4 is 4.72 Å². The SMILES string of the molecule is O=S(=O)(NCc1cccc(-n2cccn2)c1)c1ccc2c(c1)CCCC2. The quantitative estimate of drug-likeness (QED) is 0.753. The lowest BCUT2D eigenvalue weighted by molar-refractivity contribution is 0.580. The molecule has 3 aromatic rings. The molecule has 1 N–H and O–H groups in total. The third kappa shape index (κ3) is 3.57. The van der Waals surface area contributed by atoms with Crippen LogP contribution >= 0.6 is 0 Å². The standard InChI is InChI=1S/C20H21N3O2S/c24-26(25,20-10-9-17-6-1-2-7-18(17)14-20)22-15-16-5-3-8-19(13-16)23-12-4-11-21-23/h3-5,8-14,22H,1-2,6-7,15H2. The van der Waals surface area contributed by atoms with Gasteiger partial charge in [0.05, 0.1) is 10.6 Å². The number of benzene rings is 2. The Morgan fingerprint density at radius 1 is 1.00 bits per heavy atom. The molecule has 0 bridgehead atoms. The summed E-state index contributed by atoms with van der Waals surface area (Å²) in [7, 11) is -3.53. The van der Waals surface area contributed by atoms with E-state index < -0.39 is 10.0 Å². The fourth-order valence-electron chi connectivity index (χ4n) is 3.37. The maximum absolute atomic E-state index is 12.7. The number of aromatic nitrogens is 2. The van der Waals surface area contributed by atoms with Gasteiger partial charge in [0, 0.05) is 18.9 Å². The molecule has 0 atom stereocenters. The summed E-state index contributed by atoms with van der Waals surface area (Å²) < 4.78 is 29.8. The molecule has 1 aliphatic rings. The van der Waals surface area contributed by atoms with Gasteiger partial charge >= 0.3 is 0 Å². The molecular weight excluding hydrogens is 346 g/mol. The van der Waals surface area contributed by atoms with Crippen molar-refractivity contribution in [2.24, 2.45) is 0 Å². The minimum absolute atomic E-state index is 0.245. The monoisotopic (exact) mass is 367 g/mol. The molecule has 0 saturated carbocycles. The number of fused-ring (bicyclic) bond motifs is 1. The van der Waals surface area contributed by atoms with Crippen molar-refractivity contribution in [3.8, 4) is 5.69 Å². The number of rotatable bonds is 5. The van der Waals surface area contributed by atoms with Crippen molar-refractivity contribution < 1.29 is 8.42 Å². The van der Waals surface area contributed by atoms with Crippen LogP contribution in [0.5, 0.6) is 0 Å². The van der Waals surface area contributed by atoms with Crippen LogP contribution in [-0.2, 0) is 29.4 Å². The fourth-order valence-corrected chi connectivity index (χ4v) is 4.44. The van der Waals surface area contributed by atoms with Crippen molar-refractivity contribution in [2.45, 2.75) is 37.1 Å². The molecule has 0 aliphatic heterocycles. The Balaban J connectivity index is 1.51. The highest BCUT2D eigenvalue weighted by atomic mass is 32.2. The molecule has 6 heteroatoms. The lowest BCUT2D eigenvalue weighted by Crippen LogP contribution is -2.23. The molecule has 0 amide bonds. The highest BCUT2D eigenvalue weighted by Gasteiger charge is 2.17. The lowest BCUT2D eigenvalue weighted by atomic mass is 9.92. The zero-order valence-electron chi connectivity index (χ0n) is 14.4. The van der Waals surface area contributed by atoms with Crippen molar-refractivity contribution in [1.29, 1.82) is 0 Å². The van der Waals surface area contributed by atoms with E-state index >= 15 is 0 Å². The second-order valence-corrected chi connectivity index (χ2v) is 8.35. The van der Waals surface area contributed by atoms with Gasteiger partial charge in [0.2, 0.25) is 10.0 Å². The molecule has 0 fully saturated rings. The first-order chi connectivity index (χ1) is 12.6. The lowest BCUT2D eigenvalue weighted by Gasteiger charge is -2.17. The van der Waals surface area contributed by atoms with Crippen LogP contribution in [0.25, 0.3) is 5.69 Å². The van der Waals surface area contributed by atoms with E-state index in [4.69, 9.17) is 0 Å². The van der Waals surface area contributed by atoms with E-state index in [1.54, 1.807) is 16.9 Å². The topological polar surface area (TPSA) is 64.0 Å². The Morgan fingerprint density at radius 2 is 1.85 bits per heavy atom. The second kappa shape index (κ2) is 7.05. The molecule has 0 spiro atoms. The average Bonchev–Trinajstić information content (AvgIpc) is 3.21. The smallest absolute Gasteiger partial charge is 0.240 e. The molecule has 0 saturated heterocycles. The highest BCUT2D eigenvalue weighted by molar-refractivity contribution is 7.89. The zero-order valence-corrected chi connectivity index (χ0v) is 15.2. The molecule has 1 aromatic heterocycles. The zero-order chi connectivity index (χ0) is 18.0. The number of hydrogen-bond acceptors (Lipinski definition) is 3. The van der Waals surface area contributed by atoms with Gasteiger partial charge in [-0.25, -0.2) is 17.8 Å². The van der Waals surface area contributed by atoms with Gasteiger partial charge in [0.25, 0.3) is 0 Å². The Bertz CT molecular complexity index is 1010. The summed E-state index contributed by atoms with van der Waals surface area (Å²) in [5.41, 5.74) is 4.24. The molecular formula is C20H21N3O2S. The van der Waals surface area contributed by atoms with Crippen LogP contribution in [-0.4, -0.2) is 18.2 Å². The van der Waals surface area contributed by atoms with Crippen molar-refractivity contribution in [3.05, 3.63) is 77.6 Å². The van der Waals surface area contributed by atoms with Crippen LogP contribution in [0.2, 0.25) is 0 Å². The van der Waals surface area contributed by atoms with Gasteiger partial charge in [-0.2, -0.15) is 5.10 Å². The Morgan fingerprint density at radius 3 is 2.65 bits per heavy atom. The average molecular weight is 367 g/mol. The molecule has 0 radical (unpaired) electrons. The van der Waals surface area contributed by atoms with E-state index in [-0.39, 0.29) is 6.54 Å². The molecule has 5 nitrogen and oxygen atoms in total. The Hall–Kier alpha value is -2.44. The molecule has 26 heavy (non-hydrogen) atoms. The van der Waals surface area contributed by atoms with E-state index in [0.29, 0.717) is 4.90 Å². The third-order valence-electron chi connectivity index (χ3n) is 4.78. The largest absolute Gasteiger partial charge is 0.241 e. The molecule has 4 rings (SSSR count). The highest BCUT2D eigenvalue weighted by Crippen LogP contribution is 2.24. The fraction of sp³-hybridized carbons (Fsp3) is 0.250. The van der Waals surface area contributed by atoms with Crippen LogP contribution in [0.1, 0.15) is 29.5 Å². The van der Waals surface area contributed by atoms with Crippen LogP contribution in [0, 0.1) is 0 Å². The van der Waals surface area contributed by atoms with Gasteiger partial charge in [0.1, 0.15) is 0 Å². The van der Waals surface area contributed by atoms with Crippen molar-refractivity contribution in [3.63, 3.8) is 0 Å². The number of sulfonamides is 1. The van der Waals surface area contributed by atoms with Gasteiger partial charge in [-0.1, -0.05) is 18.2 Å². The van der Waals surface area contributed by atoms with E-state index in [9.17, 15) is 8.42 Å². The summed E-state index contributed by atoms with van der Waals surface area (Å²) in [6.45, 7) is 0.245. The van der Waals surface area contributed by atoms with Crippen molar-refractivity contribution in [2.75, 3.05) is 0 Å². The second-order valence-electron chi connectivity index (χ2n) is 6.58. The van der Waals surface area contributed by atoms with Gasteiger partial charge in [-0.3, -0.25) is 0 Å². The summed E-state index contributed by atoms with van der Waals surface area (Å²) in [4.78, 5) is 0.349. The number of hydrogen-bond donors (Lipinski definition) is 1. The Kier molecular flexibility index (Phi) is 4.61. The molecule has 1 heterocycles. The summed E-state index contributed by atoms with van der Waals surface area (Å²) >= 11 is 0. The van der Waals surface area contributed by atoms with Gasteiger partial charge in [-0.15, -0.1) is 0 Å². The van der Waals surface area contributed by atoms with Crippen molar-refractivity contribution >= 4 is 10.0 Å². The third-order valence-corrected chi connectivity index (χ3v) is 6.17. The van der Waals surface area contributed by atoms with Crippen LogP contribution in [0.3, 0.4) is 0 Å². The van der Waals surface area contributed by atoms with E-state index in [1.807, 2.05) is 48.7 Å². The maximum atomic E-state index is 12.7. The number of nitrogens with zero attached hydrogens (tertiary/aromatic N) is 2. The molecule has 1 aliphatic carbocycles. The first kappa shape index (κ1) is 17.0. The Labute approximate surface area is 153 Å². The molecule has 0 unspecified atom stereocenters. The van der Waals surface area contributed by atoms with Gasteiger partial charge in [0.15, 0.2) is 0 Å². The van der Waals surface area contributed by atoms with Gasteiger partial charge in [-0.05, 0) is 72.7 Å². The number of nitrogens with one attached hydrogen (secondary N) is 1. The summed E-state index contributed by atoms with van der Waals surface area (Å²) in [5.74, 6) is 0. The predicted molar refractivity (Wildman–Crippen MR) is 101 cm³/mol. The number of aryl methyl sites for hydroxylation is 2. The first-order valence-corrected chi connectivity index (χ1v) is 10.3. The van der Waals surface area contributed by atoms with Gasteiger partial charge < -0.3 is 0 Å². The van der Waals surface area contributed by atoms with E-state index in [1.165, 1.54) is 17.5 Å². The van der Waals surface area contributed by atoms with Crippen LogP contribution in [0.15, 0.2) is 65.8 Å². The minimum atomic E-state index is -3.53. The predicted octanol–water partition coefficient (Wildman–Crippen LogP) is 3.23. The van der Waals surface area contributed by atoms with E-state index in [0.717, 1.165) is 30.5 Å². The maximum Gasteiger partial charge on any atom is 0.240 e. The normalized spacial score (nSPS) is 14.2. The molecule has 2 aromatic carbocycles. The summed E-state index contributed by atoms with van der Waals surface area (Å²) in [6.07, 6.45) is 7.89. The molecule has 134 valence electrons. The van der Waals surface area contributed by atoms with Crippen molar-refractivity contribution in [1.82, 2.24) is 14.5 Å². The summed E-state index contributed by atoms with van der Waals surface area (Å²) in [5, 5.41) is 4.20. The first-order valence-electron chi connectivity index (χ1n) is 8.82.